The Bertz CT molecular complexity index is 4880. The van der Waals surface area contributed by atoms with Crippen molar-refractivity contribution in [2.24, 2.45) is 0 Å². The molecule has 2 aliphatic heterocycles. The van der Waals surface area contributed by atoms with Crippen molar-refractivity contribution in [3.05, 3.63) is 270 Å². The smallest absolute Gasteiger partial charge is 0.264 e. The summed E-state index contributed by atoms with van der Waals surface area (Å²) >= 11 is 1.97. The maximum Gasteiger partial charge on any atom is 0.264 e. The first kappa shape index (κ1) is 57.3. The van der Waals surface area contributed by atoms with Crippen LogP contribution in [0.3, 0.4) is 0 Å². The third-order valence-electron chi connectivity index (χ3n) is 19.4. The Labute approximate surface area is 536 Å². The van der Waals surface area contributed by atoms with Crippen molar-refractivity contribution in [3.63, 3.8) is 0 Å². The van der Waals surface area contributed by atoms with Gasteiger partial charge in [0.1, 0.15) is 19.2 Å². The van der Waals surface area contributed by atoms with E-state index in [0.717, 1.165) is 61.6 Å². The molecule has 0 amide bonds. The van der Waals surface area contributed by atoms with Crippen LogP contribution < -0.4 is 46.0 Å². The number of para-hydroxylation sites is 2. The first-order chi connectivity index (χ1) is 43.2. The monoisotopic (exact) mass is 1200 g/mol. The van der Waals surface area contributed by atoms with Gasteiger partial charge in [0.25, 0.3) is 6.71 Å². The van der Waals surface area contributed by atoms with Crippen LogP contribution >= 0.6 is 11.3 Å². The maximum absolute atomic E-state index is 6.66. The number of aryl methyl sites for hydroxylation is 2. The Balaban J connectivity index is 1.09. The highest BCUT2D eigenvalue weighted by Gasteiger charge is 2.48. The van der Waals surface area contributed by atoms with Gasteiger partial charge in [0.2, 0.25) is 0 Å². The van der Waals surface area contributed by atoms with Crippen LogP contribution in [0.25, 0.3) is 43.2 Å². The zero-order chi connectivity index (χ0) is 62.2. The number of fused-ring (bicyclic) bond motifs is 9. The lowest BCUT2D eigenvalue weighted by Crippen LogP contribution is -2.66. The van der Waals surface area contributed by atoms with Crippen LogP contribution in [0.2, 0.25) is 6.55 Å². The van der Waals surface area contributed by atoms with Crippen molar-refractivity contribution < 1.29 is 4.42 Å². The third-order valence-corrected chi connectivity index (χ3v) is 25.1. The lowest BCUT2D eigenvalue weighted by Gasteiger charge is -2.45. The van der Waals surface area contributed by atoms with E-state index in [1.807, 2.05) is 11.3 Å². The van der Waals surface area contributed by atoms with Crippen LogP contribution in [0, 0.1) is 13.8 Å². The predicted molar refractivity (Wildman–Crippen MR) is 392 cm³/mol. The summed E-state index contributed by atoms with van der Waals surface area (Å²) in [6.07, 6.45) is 0. The molecular weight excluding hydrogens is 1130 g/mol. The van der Waals surface area contributed by atoms with Gasteiger partial charge in [-0.2, -0.15) is 0 Å². The number of hydrogen-bond donors (Lipinski definition) is 0. The molecule has 0 bridgehead atoms. The first-order valence-electron chi connectivity index (χ1n) is 31.9. The summed E-state index contributed by atoms with van der Waals surface area (Å²) in [5.41, 5.74) is 23.3. The molecule has 0 aliphatic carbocycles. The van der Waals surface area contributed by atoms with Crippen molar-refractivity contribution in [3.8, 4) is 11.1 Å². The number of rotatable bonds is 9. The summed E-state index contributed by atoms with van der Waals surface area (Å²) < 4.78 is 9.30. The Morgan fingerprint density at radius 2 is 0.989 bits per heavy atom. The molecule has 0 atom stereocenters. The molecule has 442 valence electrons. The van der Waals surface area contributed by atoms with Crippen LogP contribution in [0.4, 0.5) is 51.2 Å². The molecule has 13 aromatic rings. The zero-order valence-corrected chi connectivity index (χ0v) is 55.6. The third kappa shape index (κ3) is 9.54. The largest absolute Gasteiger partial charge is 0.456 e. The number of anilines is 9. The molecule has 0 fully saturated rings. The van der Waals surface area contributed by atoms with Gasteiger partial charge in [-0.15, -0.1) is 11.3 Å². The minimum absolute atomic E-state index is 0.0206. The fourth-order valence-electron chi connectivity index (χ4n) is 14.2. The predicted octanol–water partition coefficient (Wildman–Crippen LogP) is 19.6. The molecule has 11 aromatic carbocycles. The number of furan rings is 1. The topological polar surface area (TPSA) is 22.9 Å². The van der Waals surface area contributed by atoms with E-state index < -0.39 is 8.07 Å². The molecule has 15 rings (SSSR count). The highest BCUT2D eigenvalue weighted by molar-refractivity contribution is 7.33. The van der Waals surface area contributed by atoms with Gasteiger partial charge in [-0.25, -0.2) is 0 Å². The first-order valence-corrected chi connectivity index (χ1v) is 35.2. The van der Waals surface area contributed by atoms with Crippen molar-refractivity contribution in [2.45, 2.75) is 99.0 Å². The Kier molecular flexibility index (Phi) is 13.5. The second-order valence-corrected chi connectivity index (χ2v) is 33.6. The number of hydrogen-bond acceptors (Lipinski definition) is 5. The van der Waals surface area contributed by atoms with E-state index in [4.69, 9.17) is 4.42 Å². The molecule has 2 aromatic heterocycles. The molecule has 7 heteroatoms. The second-order valence-electron chi connectivity index (χ2n) is 28.5. The van der Waals surface area contributed by atoms with Crippen molar-refractivity contribution in [1.29, 1.82) is 0 Å². The molecule has 4 nitrogen and oxygen atoms in total. The summed E-state index contributed by atoms with van der Waals surface area (Å²) in [7, 11) is -2.89. The molecule has 0 unspecified atom stereocenters. The van der Waals surface area contributed by atoms with Gasteiger partial charge in [-0.1, -0.05) is 232 Å². The van der Waals surface area contributed by atoms with E-state index in [-0.39, 0.29) is 23.0 Å². The van der Waals surface area contributed by atoms with E-state index in [1.54, 1.807) is 0 Å². The SMILES string of the molecule is Cc1ccc([Si](C)(c2ccc(C)cc2)c2cc3c4c(c2)N(c2ccc(C(C)(C)C)cc2)c2c(sc5ccc(C(C)(C)C)cc25)B4c2ccc(N(c4ccc(C(C)(C)C)cc4)c4ccccc4-c4ccccc4)cc2N3c2ccc3oc4ccccc4c3c2)cc1. The van der Waals surface area contributed by atoms with Crippen molar-refractivity contribution in [2.75, 3.05) is 14.7 Å². The normalized spacial score (nSPS) is 13.3. The highest BCUT2D eigenvalue weighted by atomic mass is 32.1. The summed E-state index contributed by atoms with van der Waals surface area (Å²) in [6, 6.07) is 93.0. The van der Waals surface area contributed by atoms with Gasteiger partial charge >= 0.3 is 0 Å². The van der Waals surface area contributed by atoms with E-state index in [2.05, 4.69) is 340 Å². The molecule has 4 heterocycles. The van der Waals surface area contributed by atoms with Crippen LogP contribution in [0.5, 0.6) is 0 Å². The Hall–Kier alpha value is -9.14. The van der Waals surface area contributed by atoms with E-state index in [9.17, 15) is 0 Å². The highest BCUT2D eigenvalue weighted by Crippen LogP contribution is 2.51. The Morgan fingerprint density at radius 1 is 0.433 bits per heavy atom. The summed E-state index contributed by atoms with van der Waals surface area (Å²) in [6.45, 7) is 27.8. The number of thiophene rings is 1. The van der Waals surface area contributed by atoms with Gasteiger partial charge < -0.3 is 19.1 Å². The summed E-state index contributed by atoms with van der Waals surface area (Å²) in [4.78, 5) is 7.82. The minimum atomic E-state index is -2.89. The zero-order valence-electron chi connectivity index (χ0n) is 53.8. The van der Waals surface area contributed by atoms with E-state index in [0.29, 0.717) is 0 Å². The molecule has 0 saturated heterocycles. The van der Waals surface area contributed by atoms with Gasteiger partial charge in [0, 0.05) is 71.0 Å². The van der Waals surface area contributed by atoms with Gasteiger partial charge in [0.05, 0.1) is 11.4 Å². The molecule has 0 N–H and O–H groups in total. The van der Waals surface area contributed by atoms with E-state index in [1.165, 1.54) is 91.8 Å². The van der Waals surface area contributed by atoms with E-state index >= 15 is 0 Å². The van der Waals surface area contributed by atoms with Gasteiger partial charge in [-0.05, 0) is 170 Å². The average Bonchev–Trinajstić information content (AvgIpc) is 1.23. The molecule has 0 radical (unpaired) electrons. The van der Waals surface area contributed by atoms with Gasteiger partial charge in [0.15, 0.2) is 0 Å². The molecule has 0 saturated carbocycles. The maximum atomic E-state index is 6.66. The molecule has 90 heavy (non-hydrogen) atoms. The lowest BCUT2D eigenvalue weighted by atomic mass is 9.36. The summed E-state index contributed by atoms with van der Waals surface area (Å²) in [5.74, 6) is 0. The number of benzene rings is 11. The second kappa shape index (κ2) is 21.3. The minimum Gasteiger partial charge on any atom is -0.456 e. The average molecular weight is 1200 g/mol. The Morgan fingerprint density at radius 3 is 1.64 bits per heavy atom. The lowest BCUT2D eigenvalue weighted by molar-refractivity contribution is 0.590. The number of nitrogens with zero attached hydrogens (tertiary/aromatic N) is 3. The van der Waals surface area contributed by atoms with Crippen LogP contribution in [0.15, 0.2) is 247 Å². The fraction of sp³-hybridized carbons (Fsp3) is 0.181. The molecular formula is C83H76BN3OSSi. The van der Waals surface area contributed by atoms with Crippen molar-refractivity contribution in [1.82, 2.24) is 0 Å². The van der Waals surface area contributed by atoms with Crippen molar-refractivity contribution >= 4 is 141 Å². The van der Waals surface area contributed by atoms with Crippen LogP contribution in [-0.4, -0.2) is 14.8 Å². The fourth-order valence-corrected chi connectivity index (χ4v) is 19.0. The molecule has 0 spiro atoms. The summed E-state index contributed by atoms with van der Waals surface area (Å²) in [5, 5.41) is 7.56. The van der Waals surface area contributed by atoms with Gasteiger partial charge in [-0.3, -0.25) is 0 Å². The quantitative estimate of drug-likeness (QED) is 0.106. The standard InChI is InChI=1S/C83H76BN3OSSi/c1-53-26-41-63(42-27-53)90(12,64-43-28-54(2)29-44-64)65-51-73-78-74(52-65)87(60-37-32-57(33-38-60)82(6,7)8)79-69-48-58(83(9,10)11)34-47-77(69)89-80(79)84(78)70-45-39-62(50-72(70)86(73)61-40-46-76-68(49-61)67-23-17-19-25-75(67)88-76)85(59-35-30-56(31-36-59)81(3,4)5)71-24-18-16-22-66(71)55-20-14-13-15-21-55/h13-52H,1-12H3. The van der Waals surface area contributed by atoms with Crippen LogP contribution in [-0.2, 0) is 16.2 Å². The molecule has 2 aliphatic rings. The van der Waals surface area contributed by atoms with Crippen LogP contribution in [0.1, 0.15) is 90.1 Å².